The Morgan fingerprint density at radius 1 is 1.19 bits per heavy atom. The smallest absolute Gasteiger partial charge is 0.227 e. The molecule has 8 nitrogen and oxygen atoms in total. The van der Waals surface area contributed by atoms with Crippen LogP contribution in [0.25, 0.3) is 0 Å². The number of nitrogens with zero attached hydrogens (tertiary/aromatic N) is 1. The number of fused-ring (bicyclic) bond motifs is 1. The molecule has 3 heterocycles. The van der Waals surface area contributed by atoms with Gasteiger partial charge in [0.05, 0.1) is 11.5 Å². The first-order valence-corrected chi connectivity index (χ1v) is 9.32. The van der Waals surface area contributed by atoms with Gasteiger partial charge in [-0.25, -0.2) is 0 Å². The van der Waals surface area contributed by atoms with Crippen molar-refractivity contribution in [1.29, 1.82) is 0 Å². The van der Waals surface area contributed by atoms with Gasteiger partial charge >= 0.3 is 0 Å². The highest BCUT2D eigenvalue weighted by Gasteiger charge is 2.37. The molecule has 3 aliphatic heterocycles. The van der Waals surface area contributed by atoms with Gasteiger partial charge in [0.1, 0.15) is 13.2 Å². The largest absolute Gasteiger partial charge is 0.486 e. The van der Waals surface area contributed by atoms with E-state index >= 15 is 0 Å². The Morgan fingerprint density at radius 3 is 2.70 bits per heavy atom. The average Bonchev–Trinajstić information content (AvgIpc) is 3.08. The normalized spacial score (nSPS) is 24.0. The third-order valence-corrected chi connectivity index (χ3v) is 5.35. The average molecular weight is 376 g/mol. The van der Waals surface area contributed by atoms with Gasteiger partial charge in [-0.1, -0.05) is 0 Å². The summed E-state index contributed by atoms with van der Waals surface area (Å²) in [5.41, 5.74) is -0.228. The van der Waals surface area contributed by atoms with Gasteiger partial charge in [0, 0.05) is 57.3 Å². The summed E-state index contributed by atoms with van der Waals surface area (Å²) in [7, 11) is 0. The number of nitrogens with one attached hydrogen (secondary N) is 1. The SMILES string of the molecule is O=C(NCC1(O)CCOCC1)[C@@H]1CC(=O)N(c2ccc3c(c2)OCCO3)C1. The van der Waals surface area contributed by atoms with Crippen molar-refractivity contribution < 1.29 is 28.9 Å². The lowest BCUT2D eigenvalue weighted by molar-refractivity contribution is -0.128. The van der Waals surface area contributed by atoms with Crippen LogP contribution in [-0.2, 0) is 14.3 Å². The topological polar surface area (TPSA) is 97.3 Å². The van der Waals surface area contributed by atoms with Crippen LogP contribution in [-0.4, -0.2) is 62.0 Å². The van der Waals surface area contributed by atoms with Gasteiger partial charge in [-0.05, 0) is 12.1 Å². The van der Waals surface area contributed by atoms with Crippen molar-refractivity contribution >= 4 is 17.5 Å². The lowest BCUT2D eigenvalue weighted by Crippen LogP contribution is -2.48. The van der Waals surface area contributed by atoms with Gasteiger partial charge in [-0.15, -0.1) is 0 Å². The summed E-state index contributed by atoms with van der Waals surface area (Å²) in [6, 6.07) is 5.36. The fourth-order valence-electron chi connectivity index (χ4n) is 3.66. The van der Waals surface area contributed by atoms with E-state index in [1.807, 2.05) is 0 Å². The van der Waals surface area contributed by atoms with Crippen LogP contribution in [0.1, 0.15) is 19.3 Å². The first-order valence-electron chi connectivity index (χ1n) is 9.32. The molecule has 3 aliphatic rings. The molecular weight excluding hydrogens is 352 g/mol. The van der Waals surface area contributed by atoms with E-state index in [1.165, 1.54) is 0 Å². The third kappa shape index (κ3) is 3.86. The molecule has 27 heavy (non-hydrogen) atoms. The molecule has 0 saturated carbocycles. The number of benzene rings is 1. The molecule has 4 rings (SSSR count). The summed E-state index contributed by atoms with van der Waals surface area (Å²) in [6.45, 7) is 2.47. The number of hydrogen-bond donors (Lipinski definition) is 2. The second-order valence-corrected chi connectivity index (χ2v) is 7.29. The van der Waals surface area contributed by atoms with E-state index < -0.39 is 11.5 Å². The van der Waals surface area contributed by atoms with Gasteiger partial charge in [0.15, 0.2) is 11.5 Å². The number of carbonyl (C=O) groups is 2. The molecule has 2 fully saturated rings. The Kier molecular flexibility index (Phi) is 4.92. The van der Waals surface area contributed by atoms with E-state index in [-0.39, 0.29) is 24.8 Å². The third-order valence-electron chi connectivity index (χ3n) is 5.35. The standard InChI is InChI=1S/C19H24N2O6/c22-17-9-13(18(23)20-12-19(24)3-5-25-6-4-19)11-21(17)14-1-2-15-16(10-14)27-8-7-26-15/h1-2,10,13,24H,3-9,11-12H2,(H,20,23)/t13-/m1/s1. The Labute approximate surface area is 157 Å². The van der Waals surface area contributed by atoms with Crippen LogP contribution in [0.4, 0.5) is 5.69 Å². The highest BCUT2D eigenvalue weighted by atomic mass is 16.6. The molecule has 0 spiro atoms. The second kappa shape index (κ2) is 7.36. The molecule has 0 aliphatic carbocycles. The maximum absolute atomic E-state index is 12.5. The Morgan fingerprint density at radius 2 is 1.93 bits per heavy atom. The highest BCUT2D eigenvalue weighted by molar-refractivity contribution is 6.00. The molecule has 1 aromatic carbocycles. The molecule has 8 heteroatoms. The van der Waals surface area contributed by atoms with E-state index in [2.05, 4.69) is 5.32 Å². The van der Waals surface area contributed by atoms with Crippen LogP contribution >= 0.6 is 0 Å². The maximum atomic E-state index is 12.5. The van der Waals surface area contributed by atoms with Gasteiger partial charge in [-0.2, -0.15) is 0 Å². The predicted molar refractivity (Wildman–Crippen MR) is 95.9 cm³/mol. The molecule has 2 saturated heterocycles. The maximum Gasteiger partial charge on any atom is 0.227 e. The molecule has 1 atom stereocenters. The van der Waals surface area contributed by atoms with Gasteiger partial charge in [0.2, 0.25) is 11.8 Å². The van der Waals surface area contributed by atoms with Gasteiger partial charge in [0.25, 0.3) is 0 Å². The zero-order valence-electron chi connectivity index (χ0n) is 15.1. The molecule has 2 amide bonds. The lowest BCUT2D eigenvalue weighted by atomic mass is 9.94. The number of aliphatic hydroxyl groups is 1. The van der Waals surface area contributed by atoms with E-state index in [4.69, 9.17) is 14.2 Å². The minimum absolute atomic E-state index is 0.100. The fraction of sp³-hybridized carbons (Fsp3) is 0.579. The van der Waals surface area contributed by atoms with E-state index in [9.17, 15) is 14.7 Å². The molecule has 0 radical (unpaired) electrons. The number of rotatable bonds is 4. The van der Waals surface area contributed by atoms with Crippen molar-refractivity contribution in [2.75, 3.05) is 44.4 Å². The van der Waals surface area contributed by atoms with Crippen molar-refractivity contribution in [3.8, 4) is 11.5 Å². The minimum Gasteiger partial charge on any atom is -0.486 e. The molecule has 146 valence electrons. The number of anilines is 1. The van der Waals surface area contributed by atoms with Gasteiger partial charge in [-0.3, -0.25) is 9.59 Å². The molecule has 1 aromatic rings. The zero-order valence-corrected chi connectivity index (χ0v) is 15.1. The Balaban J connectivity index is 1.37. The lowest BCUT2D eigenvalue weighted by Gasteiger charge is -2.32. The first-order chi connectivity index (χ1) is 13.0. The van der Waals surface area contributed by atoms with Crippen LogP contribution < -0.4 is 19.7 Å². The van der Waals surface area contributed by atoms with E-state index in [0.717, 1.165) is 0 Å². The zero-order chi connectivity index (χ0) is 18.9. The van der Waals surface area contributed by atoms with Crippen LogP contribution in [0.3, 0.4) is 0 Å². The predicted octanol–water partition coefficient (Wildman–Crippen LogP) is 0.468. The van der Waals surface area contributed by atoms with E-state index in [0.29, 0.717) is 63.0 Å². The van der Waals surface area contributed by atoms with Crippen LogP contribution in [0.2, 0.25) is 0 Å². The molecular formula is C19H24N2O6. The first kappa shape index (κ1) is 18.1. The summed E-state index contributed by atoms with van der Waals surface area (Å²) < 4.78 is 16.3. The molecule has 0 bridgehead atoms. The van der Waals surface area contributed by atoms with Gasteiger partial charge < -0.3 is 29.5 Å². The number of ether oxygens (including phenoxy) is 3. The molecule has 0 unspecified atom stereocenters. The van der Waals surface area contributed by atoms with Crippen molar-refractivity contribution in [2.24, 2.45) is 5.92 Å². The van der Waals surface area contributed by atoms with Crippen molar-refractivity contribution in [1.82, 2.24) is 5.32 Å². The Bertz CT molecular complexity index is 731. The summed E-state index contributed by atoms with van der Waals surface area (Å²) in [6.07, 6.45) is 1.15. The summed E-state index contributed by atoms with van der Waals surface area (Å²) in [4.78, 5) is 26.5. The number of amides is 2. The fourth-order valence-corrected chi connectivity index (χ4v) is 3.66. The number of carbonyl (C=O) groups excluding carboxylic acids is 2. The summed E-state index contributed by atoms with van der Waals surface area (Å²) in [5.74, 6) is 0.533. The molecule has 0 aromatic heterocycles. The highest BCUT2D eigenvalue weighted by Crippen LogP contribution is 2.36. The van der Waals surface area contributed by atoms with Crippen LogP contribution in [0, 0.1) is 5.92 Å². The van der Waals surface area contributed by atoms with Crippen LogP contribution in [0.15, 0.2) is 18.2 Å². The summed E-state index contributed by atoms with van der Waals surface area (Å²) in [5, 5.41) is 13.3. The Hall–Kier alpha value is -2.32. The van der Waals surface area contributed by atoms with Crippen molar-refractivity contribution in [3.63, 3.8) is 0 Å². The quantitative estimate of drug-likeness (QED) is 0.793. The minimum atomic E-state index is -0.925. The van der Waals surface area contributed by atoms with Crippen molar-refractivity contribution in [3.05, 3.63) is 18.2 Å². The summed E-state index contributed by atoms with van der Waals surface area (Å²) >= 11 is 0. The molecule has 2 N–H and O–H groups in total. The second-order valence-electron chi connectivity index (χ2n) is 7.29. The van der Waals surface area contributed by atoms with Crippen LogP contribution in [0.5, 0.6) is 11.5 Å². The number of hydrogen-bond acceptors (Lipinski definition) is 6. The van der Waals surface area contributed by atoms with Crippen molar-refractivity contribution in [2.45, 2.75) is 24.9 Å². The van der Waals surface area contributed by atoms with E-state index in [1.54, 1.807) is 23.1 Å². The monoisotopic (exact) mass is 376 g/mol.